The van der Waals surface area contributed by atoms with Crippen molar-refractivity contribution in [1.29, 1.82) is 0 Å². The fourth-order valence-corrected chi connectivity index (χ4v) is 1.26. The van der Waals surface area contributed by atoms with E-state index in [-0.39, 0.29) is 0 Å². The van der Waals surface area contributed by atoms with Crippen LogP contribution in [0.15, 0.2) is 24.3 Å². The Morgan fingerprint density at radius 3 is 2.40 bits per heavy atom. The van der Waals surface area contributed by atoms with Gasteiger partial charge in [0.1, 0.15) is 0 Å². The molecule has 0 radical (unpaired) electrons. The molecule has 4 heteroatoms. The molecule has 1 aromatic carbocycles. The molecule has 0 unspecified atom stereocenters. The molecule has 0 saturated heterocycles. The average molecular weight is 221 g/mol. The Morgan fingerprint density at radius 2 is 2.00 bits per heavy atom. The van der Waals surface area contributed by atoms with Crippen LogP contribution in [0.2, 0.25) is 5.02 Å². The number of halogens is 2. The highest BCUT2D eigenvalue weighted by atomic mass is 79.9. The molecule has 0 bridgehead atoms. The van der Waals surface area contributed by atoms with Gasteiger partial charge in [-0.1, -0.05) is 23.7 Å². The topological polar surface area (TPSA) is 29.3 Å². The molecule has 0 heterocycles. The van der Waals surface area contributed by atoms with Crippen LogP contribution in [0.4, 0.5) is 5.69 Å². The molecule has 0 fully saturated rings. The molecule has 0 spiro atoms. The van der Waals surface area contributed by atoms with E-state index in [1.807, 2.05) is 18.2 Å². The maximum atomic E-state index is 5.77. The molecular weight excluding hydrogens is 215 g/mol. The largest absolute Gasteiger partial charge is 0.243 e. The van der Waals surface area contributed by atoms with E-state index in [1.54, 1.807) is 6.07 Å². The van der Waals surface area contributed by atoms with E-state index in [9.17, 15) is 0 Å². The van der Waals surface area contributed by atoms with Crippen molar-refractivity contribution in [3.05, 3.63) is 29.3 Å². The number of nitrogens with two attached hydrogens (primary N) is 1. The van der Waals surface area contributed by atoms with Crippen LogP contribution in [-0.2, 0) is 0 Å². The van der Waals surface area contributed by atoms with Gasteiger partial charge in [-0.3, -0.25) is 0 Å². The van der Waals surface area contributed by atoms with Gasteiger partial charge in [-0.25, -0.2) is 9.88 Å². The van der Waals surface area contributed by atoms with Crippen molar-refractivity contribution in [3.8, 4) is 0 Å². The highest BCUT2D eigenvalue weighted by molar-refractivity contribution is 9.10. The molecule has 2 N–H and O–H groups in total. The molecule has 0 aliphatic heterocycles. The normalized spacial score (nSPS) is 9.50. The molecule has 0 aliphatic carbocycles. The minimum Gasteiger partial charge on any atom is -0.243 e. The van der Waals surface area contributed by atoms with E-state index >= 15 is 0 Å². The van der Waals surface area contributed by atoms with Crippen LogP contribution in [0.1, 0.15) is 0 Å². The van der Waals surface area contributed by atoms with E-state index in [1.165, 1.54) is 4.03 Å². The van der Waals surface area contributed by atoms with Gasteiger partial charge in [0.05, 0.1) is 26.9 Å². The summed E-state index contributed by atoms with van der Waals surface area (Å²) in [6, 6.07) is 7.31. The Kier molecular flexibility index (Phi) is 2.54. The second-order valence-electron chi connectivity index (χ2n) is 1.76. The quantitative estimate of drug-likeness (QED) is 0.448. The summed E-state index contributed by atoms with van der Waals surface area (Å²) in [4.78, 5) is 0. The zero-order valence-corrected chi connectivity index (χ0v) is 7.43. The first-order valence-corrected chi connectivity index (χ1v) is 3.75. The fraction of sp³-hybridized carbons (Fsp3) is 0. The van der Waals surface area contributed by atoms with Crippen LogP contribution in [-0.4, -0.2) is 0 Å². The third-order valence-electron chi connectivity index (χ3n) is 1.08. The molecule has 2 nitrogen and oxygen atoms in total. The Morgan fingerprint density at radius 1 is 1.40 bits per heavy atom. The van der Waals surface area contributed by atoms with Gasteiger partial charge in [0, 0.05) is 0 Å². The third kappa shape index (κ3) is 1.62. The molecule has 0 atom stereocenters. The molecule has 1 aromatic rings. The summed E-state index contributed by atoms with van der Waals surface area (Å²) >= 11 is 8.83. The SMILES string of the molecule is NN(Br)c1ccccc1Cl. The van der Waals surface area contributed by atoms with Gasteiger partial charge in [0.2, 0.25) is 0 Å². The first-order chi connectivity index (χ1) is 4.72. The number of benzene rings is 1. The minimum atomic E-state index is 0.627. The summed E-state index contributed by atoms with van der Waals surface area (Å²) in [5, 5.41) is 0.627. The van der Waals surface area contributed by atoms with Gasteiger partial charge in [-0.2, -0.15) is 0 Å². The Bertz CT molecular complexity index is 227. The molecule has 10 heavy (non-hydrogen) atoms. The standard InChI is InChI=1S/C6H6BrClN2/c7-10(9)6-4-2-1-3-5(6)8/h1-4H,9H2. The van der Waals surface area contributed by atoms with Gasteiger partial charge < -0.3 is 0 Å². The van der Waals surface area contributed by atoms with Crippen LogP contribution in [0, 0.1) is 0 Å². The average Bonchev–Trinajstić information content (AvgIpc) is 1.88. The van der Waals surface area contributed by atoms with Crippen molar-refractivity contribution in [2.75, 3.05) is 4.03 Å². The maximum absolute atomic E-state index is 5.77. The number of hydrogen-bond acceptors (Lipinski definition) is 2. The molecule has 0 amide bonds. The lowest BCUT2D eigenvalue weighted by Gasteiger charge is -2.09. The predicted molar refractivity (Wildman–Crippen MR) is 47.0 cm³/mol. The first-order valence-electron chi connectivity index (χ1n) is 2.67. The second-order valence-corrected chi connectivity index (χ2v) is 2.93. The second kappa shape index (κ2) is 3.23. The number of para-hydroxylation sites is 1. The van der Waals surface area contributed by atoms with Crippen molar-refractivity contribution in [2.45, 2.75) is 0 Å². The Labute approximate surface area is 72.9 Å². The highest BCUT2D eigenvalue weighted by Gasteiger charge is 2.00. The zero-order chi connectivity index (χ0) is 7.56. The zero-order valence-electron chi connectivity index (χ0n) is 5.09. The van der Waals surface area contributed by atoms with Crippen molar-refractivity contribution in [1.82, 2.24) is 0 Å². The molecule has 0 saturated carbocycles. The molecule has 0 aliphatic rings. The van der Waals surface area contributed by atoms with Gasteiger partial charge in [0.15, 0.2) is 0 Å². The summed E-state index contributed by atoms with van der Waals surface area (Å²) < 4.78 is 1.30. The molecular formula is C6H6BrClN2. The van der Waals surface area contributed by atoms with Gasteiger partial charge >= 0.3 is 0 Å². The van der Waals surface area contributed by atoms with E-state index in [0.29, 0.717) is 5.02 Å². The van der Waals surface area contributed by atoms with Gasteiger partial charge in [0.25, 0.3) is 0 Å². The predicted octanol–water partition coefficient (Wildman–Crippen LogP) is 2.33. The minimum absolute atomic E-state index is 0.627. The summed E-state index contributed by atoms with van der Waals surface area (Å²) in [6.45, 7) is 0. The van der Waals surface area contributed by atoms with E-state index in [2.05, 4.69) is 16.1 Å². The number of anilines is 1. The Hall–Kier alpha value is -0.250. The first kappa shape index (κ1) is 7.85. The number of rotatable bonds is 1. The smallest absolute Gasteiger partial charge is 0.0832 e. The molecule has 54 valence electrons. The van der Waals surface area contributed by atoms with Crippen LogP contribution in [0.5, 0.6) is 0 Å². The summed E-state index contributed by atoms with van der Waals surface area (Å²) in [5.74, 6) is 5.38. The van der Waals surface area contributed by atoms with Crippen molar-refractivity contribution in [2.24, 2.45) is 5.84 Å². The summed E-state index contributed by atoms with van der Waals surface area (Å²) in [6.07, 6.45) is 0. The van der Waals surface area contributed by atoms with Crippen LogP contribution >= 0.6 is 27.7 Å². The lowest BCUT2D eigenvalue weighted by molar-refractivity contribution is 1.23. The lowest BCUT2D eigenvalue weighted by Crippen LogP contribution is -2.17. The lowest BCUT2D eigenvalue weighted by atomic mass is 10.3. The number of nitrogens with zero attached hydrogens (tertiary/aromatic N) is 1. The highest BCUT2D eigenvalue weighted by Crippen LogP contribution is 2.24. The summed E-state index contributed by atoms with van der Waals surface area (Å²) in [7, 11) is 0. The van der Waals surface area contributed by atoms with E-state index in [0.717, 1.165) is 5.69 Å². The fourth-order valence-electron chi connectivity index (χ4n) is 0.625. The van der Waals surface area contributed by atoms with Crippen molar-refractivity contribution in [3.63, 3.8) is 0 Å². The number of hydrazine groups is 1. The summed E-state index contributed by atoms with van der Waals surface area (Å²) in [5.41, 5.74) is 0.754. The number of hydrogen-bond donors (Lipinski definition) is 1. The monoisotopic (exact) mass is 220 g/mol. The molecule has 1 rings (SSSR count). The maximum Gasteiger partial charge on any atom is 0.0832 e. The van der Waals surface area contributed by atoms with Crippen LogP contribution < -0.4 is 9.88 Å². The Balaban J connectivity index is 3.03. The van der Waals surface area contributed by atoms with Crippen LogP contribution in [0.25, 0.3) is 0 Å². The van der Waals surface area contributed by atoms with Crippen molar-refractivity contribution < 1.29 is 0 Å². The van der Waals surface area contributed by atoms with E-state index < -0.39 is 0 Å². The van der Waals surface area contributed by atoms with Crippen molar-refractivity contribution >= 4 is 33.4 Å². The van der Waals surface area contributed by atoms with Crippen LogP contribution in [0.3, 0.4) is 0 Å². The third-order valence-corrected chi connectivity index (χ3v) is 1.78. The molecule has 0 aromatic heterocycles. The van der Waals surface area contributed by atoms with Gasteiger partial charge in [-0.05, 0) is 12.1 Å². The van der Waals surface area contributed by atoms with Gasteiger partial charge in [-0.15, -0.1) is 0 Å². The van der Waals surface area contributed by atoms with E-state index in [4.69, 9.17) is 17.4 Å².